The highest BCUT2D eigenvalue weighted by Gasteiger charge is 2.10. The summed E-state index contributed by atoms with van der Waals surface area (Å²) in [6.45, 7) is 2.10. The van der Waals surface area contributed by atoms with E-state index < -0.39 is 0 Å². The van der Waals surface area contributed by atoms with E-state index in [-0.39, 0.29) is 12.4 Å². The molecule has 1 heterocycles. The SMILES string of the molecule is Cc1ccc2nc3ccccc3nc2c1N(C)C.Cl. The molecule has 0 amide bonds. The Morgan fingerprint density at radius 2 is 1.47 bits per heavy atom. The Morgan fingerprint density at radius 3 is 2.11 bits per heavy atom. The van der Waals surface area contributed by atoms with Gasteiger partial charge in [-0.15, -0.1) is 12.4 Å². The lowest BCUT2D eigenvalue weighted by atomic mass is 10.1. The van der Waals surface area contributed by atoms with Crippen LogP contribution in [0.25, 0.3) is 22.1 Å². The van der Waals surface area contributed by atoms with Gasteiger partial charge in [-0.1, -0.05) is 18.2 Å². The average molecular weight is 274 g/mol. The second-order valence-electron chi connectivity index (χ2n) is 4.71. The van der Waals surface area contributed by atoms with Crippen LogP contribution in [0.2, 0.25) is 0 Å². The van der Waals surface area contributed by atoms with E-state index >= 15 is 0 Å². The van der Waals surface area contributed by atoms with Crippen LogP contribution in [0.4, 0.5) is 5.69 Å². The molecule has 3 aromatic rings. The number of aryl methyl sites for hydroxylation is 1. The summed E-state index contributed by atoms with van der Waals surface area (Å²) in [6, 6.07) is 12.1. The summed E-state index contributed by atoms with van der Waals surface area (Å²) in [5.41, 5.74) is 6.17. The summed E-state index contributed by atoms with van der Waals surface area (Å²) in [6.07, 6.45) is 0. The van der Waals surface area contributed by atoms with Crippen LogP contribution in [-0.2, 0) is 0 Å². The van der Waals surface area contributed by atoms with Gasteiger partial charge in [0, 0.05) is 14.1 Å². The largest absolute Gasteiger partial charge is 0.376 e. The maximum atomic E-state index is 4.76. The summed E-state index contributed by atoms with van der Waals surface area (Å²) in [7, 11) is 4.08. The van der Waals surface area contributed by atoms with Gasteiger partial charge in [0.25, 0.3) is 0 Å². The van der Waals surface area contributed by atoms with Crippen molar-refractivity contribution in [2.24, 2.45) is 0 Å². The van der Waals surface area contributed by atoms with Crippen LogP contribution < -0.4 is 4.90 Å². The molecule has 0 atom stereocenters. The minimum Gasteiger partial charge on any atom is -0.376 e. The Balaban J connectivity index is 0.00000133. The lowest BCUT2D eigenvalue weighted by Crippen LogP contribution is -2.11. The first-order chi connectivity index (χ1) is 8.66. The van der Waals surface area contributed by atoms with E-state index in [0.29, 0.717) is 0 Å². The number of fused-ring (bicyclic) bond motifs is 2. The fraction of sp³-hybridized carbons (Fsp3) is 0.200. The van der Waals surface area contributed by atoms with Gasteiger partial charge in [0.2, 0.25) is 0 Å². The number of anilines is 1. The summed E-state index contributed by atoms with van der Waals surface area (Å²) >= 11 is 0. The normalized spacial score (nSPS) is 10.5. The third-order valence-corrected chi connectivity index (χ3v) is 3.13. The molecule has 3 rings (SSSR count). The van der Waals surface area contributed by atoms with Gasteiger partial charge >= 0.3 is 0 Å². The molecule has 0 bridgehead atoms. The van der Waals surface area contributed by atoms with E-state index in [0.717, 1.165) is 27.8 Å². The summed E-state index contributed by atoms with van der Waals surface area (Å²) in [4.78, 5) is 11.5. The molecule has 1 aromatic heterocycles. The van der Waals surface area contributed by atoms with Crippen molar-refractivity contribution < 1.29 is 0 Å². The molecular weight excluding hydrogens is 258 g/mol. The topological polar surface area (TPSA) is 29.0 Å². The number of hydrogen-bond acceptors (Lipinski definition) is 3. The molecule has 2 aromatic carbocycles. The van der Waals surface area contributed by atoms with Gasteiger partial charge in [0.05, 0.1) is 22.2 Å². The zero-order valence-corrected chi connectivity index (χ0v) is 12.0. The Labute approximate surface area is 118 Å². The maximum absolute atomic E-state index is 4.76. The highest BCUT2D eigenvalue weighted by molar-refractivity contribution is 5.95. The number of rotatable bonds is 1. The lowest BCUT2D eigenvalue weighted by Gasteiger charge is -2.17. The quantitative estimate of drug-likeness (QED) is 0.635. The number of para-hydroxylation sites is 2. The number of hydrogen-bond donors (Lipinski definition) is 0. The van der Waals surface area contributed by atoms with Crippen LogP contribution >= 0.6 is 12.4 Å². The first-order valence-corrected chi connectivity index (χ1v) is 6.00. The Bertz CT molecular complexity index is 738. The first-order valence-electron chi connectivity index (χ1n) is 6.00. The zero-order chi connectivity index (χ0) is 12.7. The van der Waals surface area contributed by atoms with Crippen LogP contribution in [0.1, 0.15) is 5.56 Å². The highest BCUT2D eigenvalue weighted by atomic mass is 35.5. The average Bonchev–Trinajstić information content (AvgIpc) is 2.36. The summed E-state index contributed by atoms with van der Waals surface area (Å²) < 4.78 is 0. The predicted molar refractivity (Wildman–Crippen MR) is 83.4 cm³/mol. The van der Waals surface area contributed by atoms with E-state index in [4.69, 9.17) is 4.98 Å². The number of aromatic nitrogens is 2. The van der Waals surface area contributed by atoms with Crippen LogP contribution in [0.5, 0.6) is 0 Å². The van der Waals surface area contributed by atoms with E-state index in [9.17, 15) is 0 Å². The Hall–Kier alpha value is -1.87. The van der Waals surface area contributed by atoms with Crippen molar-refractivity contribution in [3.8, 4) is 0 Å². The van der Waals surface area contributed by atoms with Crippen molar-refractivity contribution in [2.45, 2.75) is 6.92 Å². The third-order valence-electron chi connectivity index (χ3n) is 3.13. The summed E-state index contributed by atoms with van der Waals surface area (Å²) in [5, 5.41) is 0. The lowest BCUT2D eigenvalue weighted by molar-refractivity contribution is 1.12. The molecule has 19 heavy (non-hydrogen) atoms. The zero-order valence-electron chi connectivity index (χ0n) is 11.2. The van der Waals surface area contributed by atoms with E-state index in [1.54, 1.807) is 0 Å². The van der Waals surface area contributed by atoms with E-state index in [2.05, 4.69) is 22.9 Å². The van der Waals surface area contributed by atoms with Gasteiger partial charge in [-0.05, 0) is 30.7 Å². The molecule has 98 valence electrons. The van der Waals surface area contributed by atoms with E-state index in [1.165, 1.54) is 5.56 Å². The van der Waals surface area contributed by atoms with Crippen molar-refractivity contribution in [1.82, 2.24) is 9.97 Å². The Morgan fingerprint density at radius 1 is 0.842 bits per heavy atom. The molecule has 0 aliphatic carbocycles. The Kier molecular flexibility index (Phi) is 3.58. The summed E-state index contributed by atoms with van der Waals surface area (Å²) in [5.74, 6) is 0. The molecule has 0 N–H and O–H groups in total. The first kappa shape index (κ1) is 13.6. The third kappa shape index (κ3) is 2.22. The second kappa shape index (κ2) is 5.02. The minimum absolute atomic E-state index is 0. The highest BCUT2D eigenvalue weighted by Crippen LogP contribution is 2.28. The van der Waals surface area contributed by atoms with E-state index in [1.807, 2.05) is 44.4 Å². The minimum atomic E-state index is 0. The fourth-order valence-electron chi connectivity index (χ4n) is 2.34. The van der Waals surface area contributed by atoms with Crippen molar-refractivity contribution in [3.05, 3.63) is 42.0 Å². The maximum Gasteiger partial charge on any atom is 0.113 e. The van der Waals surface area contributed by atoms with Gasteiger partial charge in [0.15, 0.2) is 0 Å². The van der Waals surface area contributed by atoms with Gasteiger partial charge < -0.3 is 4.90 Å². The van der Waals surface area contributed by atoms with Crippen molar-refractivity contribution in [3.63, 3.8) is 0 Å². The van der Waals surface area contributed by atoms with Gasteiger partial charge in [0.1, 0.15) is 5.52 Å². The molecule has 0 saturated carbocycles. The smallest absolute Gasteiger partial charge is 0.113 e. The van der Waals surface area contributed by atoms with Gasteiger partial charge in [-0.25, -0.2) is 9.97 Å². The van der Waals surface area contributed by atoms with Crippen molar-refractivity contribution in [1.29, 1.82) is 0 Å². The number of nitrogens with zero attached hydrogens (tertiary/aromatic N) is 3. The molecule has 3 nitrogen and oxygen atoms in total. The van der Waals surface area contributed by atoms with Crippen molar-refractivity contribution in [2.75, 3.05) is 19.0 Å². The van der Waals surface area contributed by atoms with Crippen LogP contribution in [0.3, 0.4) is 0 Å². The van der Waals surface area contributed by atoms with Gasteiger partial charge in [-0.3, -0.25) is 0 Å². The van der Waals surface area contributed by atoms with Crippen LogP contribution in [-0.4, -0.2) is 24.1 Å². The predicted octanol–water partition coefficient (Wildman–Crippen LogP) is 3.58. The molecule has 4 heteroatoms. The molecule has 0 radical (unpaired) electrons. The molecular formula is C15H16ClN3. The molecule has 0 saturated heterocycles. The monoisotopic (exact) mass is 273 g/mol. The molecule has 0 aliphatic rings. The molecule has 0 unspecified atom stereocenters. The number of benzene rings is 2. The number of halogens is 1. The second-order valence-corrected chi connectivity index (χ2v) is 4.71. The van der Waals surface area contributed by atoms with Crippen LogP contribution in [0, 0.1) is 6.92 Å². The molecule has 0 fully saturated rings. The molecule has 0 aliphatic heterocycles. The van der Waals surface area contributed by atoms with Crippen molar-refractivity contribution >= 4 is 40.2 Å². The standard InChI is InChI=1S/C15H15N3.ClH/c1-10-8-9-13-14(15(10)18(2)3)17-12-7-5-4-6-11(12)16-13;/h4-9H,1-3H3;1H. The van der Waals surface area contributed by atoms with Crippen LogP contribution in [0.15, 0.2) is 36.4 Å². The molecule has 0 spiro atoms. The fourth-order valence-corrected chi connectivity index (χ4v) is 2.34. The van der Waals surface area contributed by atoms with Gasteiger partial charge in [-0.2, -0.15) is 0 Å².